The van der Waals surface area contributed by atoms with Crippen molar-refractivity contribution >= 4 is 17.4 Å². The van der Waals surface area contributed by atoms with Gasteiger partial charge in [0.2, 0.25) is 0 Å². The lowest BCUT2D eigenvalue weighted by molar-refractivity contribution is 0.102. The molecular formula is C15H18FN5O. The van der Waals surface area contributed by atoms with Crippen LogP contribution in [0.5, 0.6) is 0 Å². The van der Waals surface area contributed by atoms with E-state index in [0.29, 0.717) is 18.1 Å². The van der Waals surface area contributed by atoms with E-state index < -0.39 is 0 Å². The molecule has 22 heavy (non-hydrogen) atoms. The average Bonchev–Trinajstić information content (AvgIpc) is 2.49. The molecule has 0 saturated heterocycles. The fourth-order valence-electron chi connectivity index (χ4n) is 1.71. The molecule has 0 aliphatic rings. The predicted molar refractivity (Wildman–Crippen MR) is 83.4 cm³/mol. The van der Waals surface area contributed by atoms with Crippen LogP contribution in [-0.4, -0.2) is 48.0 Å². The molecule has 0 unspecified atom stereocenters. The van der Waals surface area contributed by atoms with Crippen molar-refractivity contribution in [1.82, 2.24) is 14.9 Å². The number of amides is 1. The predicted octanol–water partition coefficient (Wildman–Crippen LogP) is 1.84. The molecule has 116 valence electrons. The highest BCUT2D eigenvalue weighted by Crippen LogP contribution is 2.11. The molecule has 1 heterocycles. The Kier molecular flexibility index (Phi) is 5.37. The summed E-state index contributed by atoms with van der Waals surface area (Å²) in [6.07, 6.45) is 1.33. The first-order valence-corrected chi connectivity index (χ1v) is 6.82. The van der Waals surface area contributed by atoms with Gasteiger partial charge in [0.05, 0.1) is 0 Å². The van der Waals surface area contributed by atoms with Crippen LogP contribution in [0.25, 0.3) is 0 Å². The van der Waals surface area contributed by atoms with Gasteiger partial charge >= 0.3 is 0 Å². The average molecular weight is 303 g/mol. The van der Waals surface area contributed by atoms with Crippen molar-refractivity contribution in [2.75, 3.05) is 37.8 Å². The van der Waals surface area contributed by atoms with Crippen LogP contribution in [0.1, 0.15) is 10.5 Å². The Bertz CT molecular complexity index is 630. The molecule has 0 aliphatic heterocycles. The third kappa shape index (κ3) is 4.78. The Labute approximate surface area is 128 Å². The van der Waals surface area contributed by atoms with E-state index in [1.165, 1.54) is 30.6 Å². The SMILES string of the molecule is CN(C)CCNc1cc(C(=O)Nc2ccc(F)cc2)ncn1. The molecule has 2 rings (SSSR count). The fourth-order valence-corrected chi connectivity index (χ4v) is 1.71. The number of anilines is 2. The Balaban J connectivity index is 1.99. The number of likely N-dealkylation sites (N-methyl/N-ethyl adjacent to an activating group) is 1. The first-order chi connectivity index (χ1) is 10.5. The van der Waals surface area contributed by atoms with Crippen molar-refractivity contribution in [2.24, 2.45) is 0 Å². The van der Waals surface area contributed by atoms with E-state index in [-0.39, 0.29) is 17.4 Å². The van der Waals surface area contributed by atoms with E-state index in [0.717, 1.165) is 6.54 Å². The second kappa shape index (κ2) is 7.46. The summed E-state index contributed by atoms with van der Waals surface area (Å²) < 4.78 is 12.8. The summed E-state index contributed by atoms with van der Waals surface area (Å²) in [6.45, 7) is 1.56. The van der Waals surface area contributed by atoms with E-state index in [1.54, 1.807) is 6.07 Å². The highest BCUT2D eigenvalue weighted by Gasteiger charge is 2.09. The van der Waals surface area contributed by atoms with Crippen LogP contribution < -0.4 is 10.6 Å². The Hall–Kier alpha value is -2.54. The smallest absolute Gasteiger partial charge is 0.274 e. The van der Waals surface area contributed by atoms with Crippen molar-refractivity contribution < 1.29 is 9.18 Å². The molecule has 0 spiro atoms. The number of carbonyl (C=O) groups is 1. The number of carbonyl (C=O) groups excluding carboxylic acids is 1. The summed E-state index contributed by atoms with van der Waals surface area (Å²) in [5.74, 6) is -0.141. The van der Waals surface area contributed by atoms with E-state index in [4.69, 9.17) is 0 Å². The molecule has 0 saturated carbocycles. The summed E-state index contributed by atoms with van der Waals surface area (Å²) in [6, 6.07) is 7.12. The standard InChI is InChI=1S/C15H18FN5O/c1-21(2)8-7-17-14-9-13(18-10-19-14)15(22)20-12-5-3-11(16)4-6-12/h3-6,9-10H,7-8H2,1-2H3,(H,20,22)(H,17,18,19). The van der Waals surface area contributed by atoms with Crippen molar-refractivity contribution in [2.45, 2.75) is 0 Å². The van der Waals surface area contributed by atoms with Gasteiger partial charge in [0, 0.05) is 24.8 Å². The summed E-state index contributed by atoms with van der Waals surface area (Å²) in [5, 5.41) is 5.78. The van der Waals surface area contributed by atoms with Gasteiger partial charge in [-0.05, 0) is 38.4 Å². The number of hydrogen-bond donors (Lipinski definition) is 2. The number of aromatic nitrogens is 2. The van der Waals surface area contributed by atoms with Gasteiger partial charge in [0.1, 0.15) is 23.7 Å². The van der Waals surface area contributed by atoms with Gasteiger partial charge in [-0.15, -0.1) is 0 Å². The van der Waals surface area contributed by atoms with E-state index in [2.05, 4.69) is 20.6 Å². The quantitative estimate of drug-likeness (QED) is 0.852. The molecule has 6 nitrogen and oxygen atoms in total. The van der Waals surface area contributed by atoms with E-state index >= 15 is 0 Å². The number of nitrogens with one attached hydrogen (secondary N) is 2. The van der Waals surface area contributed by atoms with Crippen molar-refractivity contribution in [3.05, 3.63) is 48.2 Å². The second-order valence-electron chi connectivity index (χ2n) is 4.98. The molecule has 0 bridgehead atoms. The highest BCUT2D eigenvalue weighted by molar-refractivity contribution is 6.03. The number of benzene rings is 1. The molecule has 0 aliphatic carbocycles. The zero-order chi connectivity index (χ0) is 15.9. The fraction of sp³-hybridized carbons (Fsp3) is 0.267. The van der Waals surface area contributed by atoms with Crippen LogP contribution in [0.15, 0.2) is 36.7 Å². The Morgan fingerprint density at radius 3 is 2.64 bits per heavy atom. The largest absolute Gasteiger partial charge is 0.369 e. The lowest BCUT2D eigenvalue weighted by atomic mass is 10.3. The van der Waals surface area contributed by atoms with Gasteiger partial charge in [-0.3, -0.25) is 4.79 Å². The maximum Gasteiger partial charge on any atom is 0.274 e. The van der Waals surface area contributed by atoms with Crippen LogP contribution >= 0.6 is 0 Å². The minimum Gasteiger partial charge on any atom is -0.369 e. The topological polar surface area (TPSA) is 70.2 Å². The number of hydrogen-bond acceptors (Lipinski definition) is 5. The Morgan fingerprint density at radius 1 is 1.23 bits per heavy atom. The third-order valence-electron chi connectivity index (χ3n) is 2.87. The zero-order valence-corrected chi connectivity index (χ0v) is 12.5. The normalized spacial score (nSPS) is 10.5. The third-order valence-corrected chi connectivity index (χ3v) is 2.87. The number of nitrogens with zero attached hydrogens (tertiary/aromatic N) is 3. The highest BCUT2D eigenvalue weighted by atomic mass is 19.1. The lowest BCUT2D eigenvalue weighted by Crippen LogP contribution is -2.21. The molecular weight excluding hydrogens is 285 g/mol. The minimum absolute atomic E-state index is 0.242. The molecule has 1 amide bonds. The van der Waals surface area contributed by atoms with Crippen LogP contribution in [0.2, 0.25) is 0 Å². The summed E-state index contributed by atoms with van der Waals surface area (Å²) in [5.41, 5.74) is 0.749. The Morgan fingerprint density at radius 2 is 1.95 bits per heavy atom. The number of rotatable bonds is 6. The zero-order valence-electron chi connectivity index (χ0n) is 12.5. The summed E-state index contributed by atoms with van der Waals surface area (Å²) in [4.78, 5) is 22.2. The number of halogens is 1. The minimum atomic E-state index is -0.371. The molecule has 7 heteroatoms. The summed E-state index contributed by atoms with van der Waals surface area (Å²) in [7, 11) is 3.95. The first-order valence-electron chi connectivity index (χ1n) is 6.82. The molecule has 2 aromatic rings. The maximum atomic E-state index is 12.8. The monoisotopic (exact) mass is 303 g/mol. The van der Waals surface area contributed by atoms with Crippen LogP contribution in [0.4, 0.5) is 15.9 Å². The van der Waals surface area contributed by atoms with E-state index in [1.807, 2.05) is 19.0 Å². The van der Waals surface area contributed by atoms with Crippen molar-refractivity contribution in [3.8, 4) is 0 Å². The molecule has 1 aromatic heterocycles. The van der Waals surface area contributed by atoms with Crippen LogP contribution in [0, 0.1) is 5.82 Å². The molecule has 0 atom stereocenters. The van der Waals surface area contributed by atoms with Gasteiger partial charge < -0.3 is 15.5 Å². The van der Waals surface area contributed by atoms with Gasteiger partial charge in [-0.2, -0.15) is 0 Å². The van der Waals surface area contributed by atoms with Gasteiger partial charge in [0.15, 0.2) is 0 Å². The molecule has 0 radical (unpaired) electrons. The first kappa shape index (κ1) is 15.8. The molecule has 0 fully saturated rings. The van der Waals surface area contributed by atoms with Crippen molar-refractivity contribution in [3.63, 3.8) is 0 Å². The van der Waals surface area contributed by atoms with E-state index in [9.17, 15) is 9.18 Å². The lowest BCUT2D eigenvalue weighted by Gasteiger charge is -2.11. The van der Waals surface area contributed by atoms with Gasteiger partial charge in [-0.1, -0.05) is 0 Å². The van der Waals surface area contributed by atoms with Gasteiger partial charge in [0.25, 0.3) is 5.91 Å². The van der Waals surface area contributed by atoms with Crippen LogP contribution in [0.3, 0.4) is 0 Å². The molecule has 1 aromatic carbocycles. The van der Waals surface area contributed by atoms with Crippen LogP contribution in [-0.2, 0) is 0 Å². The summed E-state index contributed by atoms with van der Waals surface area (Å²) >= 11 is 0. The van der Waals surface area contributed by atoms with Gasteiger partial charge in [-0.25, -0.2) is 14.4 Å². The maximum absolute atomic E-state index is 12.8. The van der Waals surface area contributed by atoms with Crippen molar-refractivity contribution in [1.29, 1.82) is 0 Å². The second-order valence-corrected chi connectivity index (χ2v) is 4.98. The molecule has 2 N–H and O–H groups in total.